The highest BCUT2D eigenvalue weighted by Gasteiger charge is 2.38. The van der Waals surface area contributed by atoms with Crippen LogP contribution in [0.5, 0.6) is 0 Å². The molecule has 4 atom stereocenters. The van der Waals surface area contributed by atoms with Crippen molar-refractivity contribution >= 4 is 78.3 Å². The Balaban J connectivity index is 0.832. The average Bonchev–Trinajstić information content (AvgIpc) is 3.47. The van der Waals surface area contributed by atoms with Crippen molar-refractivity contribution in [2.24, 2.45) is 13.0 Å². The molecule has 0 saturated carbocycles. The summed E-state index contributed by atoms with van der Waals surface area (Å²) >= 11 is 1.55. The van der Waals surface area contributed by atoms with E-state index in [0.717, 1.165) is 106 Å². The number of aromatic nitrogens is 3. The van der Waals surface area contributed by atoms with Gasteiger partial charge in [0, 0.05) is 86.3 Å². The SMILES string of the molecule is C[C@@H]1CNc2c(sc3ccc4nc(N5C[C@@H]6CC[C@H]5CCN6CC5CCN(c6cccc7c6n(C)c(=O)n7C6CCC(=O)NC6=O)CC5)ccc4c23)C(=O)N1. The number of para-hydroxylation sites is 1. The molecule has 11 rings (SSSR count). The van der Waals surface area contributed by atoms with Gasteiger partial charge in [0.15, 0.2) is 0 Å². The summed E-state index contributed by atoms with van der Waals surface area (Å²) in [5.74, 6) is 0.942. The Kier molecular flexibility index (Phi) is 8.39. The third-order valence-corrected chi connectivity index (χ3v) is 14.1. The molecule has 0 aliphatic carbocycles. The largest absolute Gasteiger partial charge is 0.381 e. The van der Waals surface area contributed by atoms with Gasteiger partial charge in [-0.3, -0.25) is 33.7 Å². The Bertz CT molecular complexity index is 2440. The van der Waals surface area contributed by atoms with Gasteiger partial charge >= 0.3 is 5.69 Å². The molecule has 14 heteroatoms. The quantitative estimate of drug-likeness (QED) is 0.220. The van der Waals surface area contributed by atoms with Crippen LogP contribution in [0, 0.1) is 5.92 Å². The van der Waals surface area contributed by atoms with Crippen LogP contribution in [0.1, 0.15) is 67.6 Å². The second-order valence-electron chi connectivity index (χ2n) is 16.3. The minimum atomic E-state index is -0.688. The molecule has 5 fully saturated rings. The number of pyridine rings is 1. The van der Waals surface area contributed by atoms with Crippen molar-refractivity contribution in [2.75, 3.05) is 54.4 Å². The Labute approximate surface area is 322 Å². The van der Waals surface area contributed by atoms with Crippen LogP contribution in [-0.2, 0) is 16.6 Å². The van der Waals surface area contributed by atoms with Crippen molar-refractivity contribution in [1.82, 2.24) is 29.7 Å². The average molecular weight is 762 g/mol. The van der Waals surface area contributed by atoms with E-state index in [1.165, 1.54) is 12.8 Å². The van der Waals surface area contributed by atoms with Crippen LogP contribution < -0.4 is 31.4 Å². The fraction of sp³-hybridized carbons (Fsp3) is 0.488. The van der Waals surface area contributed by atoms with Crippen LogP contribution in [0.25, 0.3) is 32.0 Å². The van der Waals surface area contributed by atoms with Crippen LogP contribution in [0.15, 0.2) is 47.3 Å². The highest BCUT2D eigenvalue weighted by atomic mass is 32.1. The van der Waals surface area contributed by atoms with Crippen molar-refractivity contribution in [3.8, 4) is 0 Å². The molecule has 6 aliphatic heterocycles. The number of nitrogens with zero attached hydrogens (tertiary/aromatic N) is 6. The van der Waals surface area contributed by atoms with E-state index < -0.39 is 11.9 Å². The van der Waals surface area contributed by atoms with E-state index in [1.807, 2.05) is 19.1 Å². The normalized spacial score (nSPS) is 25.2. The highest BCUT2D eigenvalue weighted by Crippen LogP contribution is 2.42. The van der Waals surface area contributed by atoms with Crippen molar-refractivity contribution < 1.29 is 14.4 Å². The van der Waals surface area contributed by atoms with Gasteiger partial charge in [0.1, 0.15) is 16.7 Å². The second-order valence-corrected chi connectivity index (χ2v) is 17.4. The summed E-state index contributed by atoms with van der Waals surface area (Å²) in [5.41, 5.74) is 4.28. The van der Waals surface area contributed by atoms with E-state index in [-0.39, 0.29) is 30.0 Å². The van der Waals surface area contributed by atoms with Gasteiger partial charge < -0.3 is 20.4 Å². The van der Waals surface area contributed by atoms with E-state index in [4.69, 9.17) is 4.98 Å². The number of amides is 3. The van der Waals surface area contributed by atoms with Crippen LogP contribution in [0.2, 0.25) is 0 Å². The maximum atomic E-state index is 13.5. The number of rotatable bonds is 5. The van der Waals surface area contributed by atoms with Crippen LogP contribution in [0.4, 0.5) is 17.2 Å². The van der Waals surface area contributed by atoms with Crippen molar-refractivity contribution in [3.63, 3.8) is 0 Å². The van der Waals surface area contributed by atoms with Crippen molar-refractivity contribution in [3.05, 3.63) is 57.8 Å². The molecule has 3 aromatic heterocycles. The van der Waals surface area contributed by atoms with Crippen molar-refractivity contribution in [2.45, 2.75) is 76.0 Å². The molecule has 3 N–H and O–H groups in total. The van der Waals surface area contributed by atoms with Gasteiger partial charge in [-0.15, -0.1) is 11.3 Å². The predicted molar refractivity (Wildman–Crippen MR) is 216 cm³/mol. The summed E-state index contributed by atoms with van der Waals surface area (Å²) in [4.78, 5) is 64.8. The number of nitrogens with one attached hydrogen (secondary N) is 3. The summed E-state index contributed by atoms with van der Waals surface area (Å²) in [6.07, 6.45) is 6.23. The summed E-state index contributed by atoms with van der Waals surface area (Å²) in [5, 5.41) is 11.2. The number of hydrogen-bond acceptors (Lipinski definition) is 10. The molecular formula is C41H47N9O4S. The molecule has 0 spiro atoms. The molecule has 5 saturated heterocycles. The lowest BCUT2D eigenvalue weighted by molar-refractivity contribution is -0.135. The number of thiophene rings is 1. The Morgan fingerprint density at radius 1 is 0.909 bits per heavy atom. The number of anilines is 3. The molecule has 0 radical (unpaired) electrons. The monoisotopic (exact) mass is 761 g/mol. The number of fused-ring (bicyclic) bond motifs is 10. The number of benzene rings is 2. The number of carbonyl (C=O) groups excluding carboxylic acids is 3. The first-order valence-corrected chi connectivity index (χ1v) is 20.7. The zero-order chi connectivity index (χ0) is 37.5. The van der Waals surface area contributed by atoms with E-state index in [2.05, 4.69) is 61.0 Å². The molecule has 1 unspecified atom stereocenters. The molecule has 6 aliphatic rings. The molecule has 5 aromatic rings. The fourth-order valence-electron chi connectivity index (χ4n) is 10.1. The molecule has 286 valence electrons. The standard InChI is InChI=1S/C41H47N9O4S/c1-23-20-42-36-35-27-8-12-33(44-28(27)9-11-32(35)55-38(36)40(53)43-23)49-22-26-7-6-25(49)16-19-48(26)21-24-14-17-47(18-15-24)29-4-3-5-30-37(29)46(2)41(54)50(30)31-10-13-34(51)45-39(31)52/h3-5,8-9,11-12,23-26,31,42H,6-7,10,13-22H2,1-2H3,(H,43,53)(H,45,51,52)/t23-,25+,26+,31?/m1/s1. The Morgan fingerprint density at radius 3 is 2.58 bits per heavy atom. The predicted octanol–water partition coefficient (Wildman–Crippen LogP) is 4.58. The van der Waals surface area contributed by atoms with Gasteiger partial charge in [-0.1, -0.05) is 6.07 Å². The summed E-state index contributed by atoms with van der Waals surface area (Å²) in [6, 6.07) is 15.0. The number of imidazole rings is 1. The zero-order valence-electron chi connectivity index (χ0n) is 31.3. The number of hydrogen-bond donors (Lipinski definition) is 3. The molecule has 2 aromatic carbocycles. The van der Waals surface area contributed by atoms with Gasteiger partial charge in [-0.2, -0.15) is 0 Å². The van der Waals surface area contributed by atoms with Crippen LogP contribution in [0.3, 0.4) is 0 Å². The minimum absolute atomic E-state index is 0.00731. The first kappa shape index (κ1) is 34.5. The molecular weight excluding hydrogens is 715 g/mol. The maximum Gasteiger partial charge on any atom is 0.329 e. The summed E-state index contributed by atoms with van der Waals surface area (Å²) in [6.45, 7) is 7.72. The summed E-state index contributed by atoms with van der Waals surface area (Å²) < 4.78 is 4.34. The van der Waals surface area contributed by atoms with Crippen LogP contribution in [-0.4, -0.2) is 94.1 Å². The smallest absolute Gasteiger partial charge is 0.329 e. The van der Waals surface area contributed by atoms with E-state index in [1.54, 1.807) is 27.5 Å². The van der Waals surface area contributed by atoms with Gasteiger partial charge in [-0.25, -0.2) is 9.78 Å². The van der Waals surface area contributed by atoms with E-state index in [9.17, 15) is 19.2 Å². The van der Waals surface area contributed by atoms with Gasteiger partial charge in [0.2, 0.25) is 11.8 Å². The first-order chi connectivity index (χ1) is 26.7. The van der Waals surface area contributed by atoms with Gasteiger partial charge in [0.25, 0.3) is 5.91 Å². The highest BCUT2D eigenvalue weighted by molar-refractivity contribution is 7.21. The molecule has 13 nitrogen and oxygen atoms in total. The fourth-order valence-corrected chi connectivity index (χ4v) is 11.2. The number of carbonyl (C=O) groups is 3. The zero-order valence-corrected chi connectivity index (χ0v) is 32.2. The lowest BCUT2D eigenvalue weighted by atomic mass is 9.94. The molecule has 55 heavy (non-hydrogen) atoms. The maximum absolute atomic E-state index is 13.5. The molecule has 9 heterocycles. The van der Waals surface area contributed by atoms with E-state index >= 15 is 0 Å². The number of piperidine rings is 3. The van der Waals surface area contributed by atoms with Crippen LogP contribution >= 0.6 is 11.3 Å². The van der Waals surface area contributed by atoms with E-state index in [0.29, 0.717) is 31.0 Å². The molecule has 3 amide bonds. The number of imide groups is 1. The minimum Gasteiger partial charge on any atom is -0.381 e. The Hall–Kier alpha value is -4.95. The topological polar surface area (TPSA) is 137 Å². The third-order valence-electron chi connectivity index (χ3n) is 13.0. The van der Waals surface area contributed by atoms with Gasteiger partial charge in [0.05, 0.1) is 27.9 Å². The Morgan fingerprint density at radius 2 is 1.75 bits per heavy atom. The first-order valence-electron chi connectivity index (χ1n) is 19.9. The van der Waals surface area contributed by atoms with Crippen molar-refractivity contribution in [1.29, 1.82) is 0 Å². The summed E-state index contributed by atoms with van der Waals surface area (Å²) in [7, 11) is 1.78. The third kappa shape index (κ3) is 5.78. The lowest BCUT2D eigenvalue weighted by Gasteiger charge is -2.41. The molecule has 2 bridgehead atoms. The lowest BCUT2D eigenvalue weighted by Crippen LogP contribution is -2.49. The van der Waals surface area contributed by atoms with Gasteiger partial charge in [-0.05, 0) is 87.8 Å². The second kappa shape index (κ2) is 13.4. The number of aryl methyl sites for hydroxylation is 1.